The van der Waals surface area contributed by atoms with Crippen molar-refractivity contribution in [3.63, 3.8) is 0 Å². The molecule has 0 fully saturated rings. The summed E-state index contributed by atoms with van der Waals surface area (Å²) < 4.78 is 6.70. The van der Waals surface area contributed by atoms with Crippen molar-refractivity contribution in [1.29, 1.82) is 0 Å². The SMILES string of the molecule is CCCOC(=O)[C@H](CC)n1cnc2sc3c(c2c1=O)CCCC3. The quantitative estimate of drug-likeness (QED) is 0.788. The van der Waals surface area contributed by atoms with E-state index in [9.17, 15) is 9.59 Å². The molecule has 0 spiro atoms. The van der Waals surface area contributed by atoms with E-state index in [0.717, 1.165) is 36.1 Å². The highest BCUT2D eigenvalue weighted by Gasteiger charge is 2.25. The molecule has 1 aliphatic carbocycles. The maximum atomic E-state index is 13.0. The molecule has 23 heavy (non-hydrogen) atoms. The Balaban J connectivity index is 2.05. The molecule has 3 rings (SSSR count). The summed E-state index contributed by atoms with van der Waals surface area (Å²) >= 11 is 1.62. The first-order valence-corrected chi connectivity index (χ1v) is 9.17. The molecule has 0 unspecified atom stereocenters. The van der Waals surface area contributed by atoms with Gasteiger partial charge in [0.2, 0.25) is 0 Å². The third-order valence-corrected chi connectivity index (χ3v) is 5.54. The van der Waals surface area contributed by atoms with Gasteiger partial charge < -0.3 is 4.74 Å². The van der Waals surface area contributed by atoms with Crippen LogP contribution in [0, 0.1) is 0 Å². The van der Waals surface area contributed by atoms with Crippen LogP contribution in [0.1, 0.15) is 56.0 Å². The fourth-order valence-electron chi connectivity index (χ4n) is 3.16. The van der Waals surface area contributed by atoms with Crippen LogP contribution in [-0.2, 0) is 22.4 Å². The third kappa shape index (κ3) is 2.92. The van der Waals surface area contributed by atoms with Crippen molar-refractivity contribution in [1.82, 2.24) is 9.55 Å². The van der Waals surface area contributed by atoms with E-state index >= 15 is 0 Å². The second kappa shape index (κ2) is 6.83. The largest absolute Gasteiger partial charge is 0.464 e. The first-order chi connectivity index (χ1) is 11.2. The van der Waals surface area contributed by atoms with Crippen LogP contribution in [0.2, 0.25) is 0 Å². The van der Waals surface area contributed by atoms with Gasteiger partial charge in [-0.3, -0.25) is 9.36 Å². The van der Waals surface area contributed by atoms with E-state index in [1.165, 1.54) is 22.2 Å². The smallest absolute Gasteiger partial charge is 0.329 e. The number of nitrogens with zero attached hydrogens (tertiary/aromatic N) is 2. The highest BCUT2D eigenvalue weighted by molar-refractivity contribution is 7.18. The highest BCUT2D eigenvalue weighted by atomic mass is 32.1. The summed E-state index contributed by atoms with van der Waals surface area (Å²) in [6.45, 7) is 4.22. The molecular formula is C17H22N2O3S. The average Bonchev–Trinajstić information content (AvgIpc) is 2.94. The summed E-state index contributed by atoms with van der Waals surface area (Å²) in [7, 11) is 0. The second-order valence-electron chi connectivity index (χ2n) is 5.94. The minimum atomic E-state index is -0.593. The fourth-order valence-corrected chi connectivity index (χ4v) is 4.38. The van der Waals surface area contributed by atoms with Gasteiger partial charge in [-0.1, -0.05) is 13.8 Å². The van der Waals surface area contributed by atoms with Gasteiger partial charge in [0, 0.05) is 4.88 Å². The van der Waals surface area contributed by atoms with E-state index < -0.39 is 6.04 Å². The third-order valence-electron chi connectivity index (χ3n) is 4.34. The molecule has 0 saturated heterocycles. The summed E-state index contributed by atoms with van der Waals surface area (Å²) in [5.74, 6) is -0.346. The van der Waals surface area contributed by atoms with Crippen molar-refractivity contribution in [3.8, 4) is 0 Å². The number of aromatic nitrogens is 2. The molecule has 0 saturated carbocycles. The number of hydrogen-bond donors (Lipinski definition) is 0. The summed E-state index contributed by atoms with van der Waals surface area (Å²) in [5, 5.41) is 0.717. The molecule has 2 aromatic rings. The second-order valence-corrected chi connectivity index (χ2v) is 7.02. The summed E-state index contributed by atoms with van der Waals surface area (Å²) in [6.07, 6.45) is 7.05. The molecule has 1 aliphatic rings. The number of esters is 1. The van der Waals surface area contributed by atoms with Crippen LogP contribution in [0.3, 0.4) is 0 Å². The number of carbonyl (C=O) groups is 1. The van der Waals surface area contributed by atoms with Gasteiger partial charge in [-0.05, 0) is 44.1 Å². The van der Waals surface area contributed by atoms with Gasteiger partial charge in [0.1, 0.15) is 10.9 Å². The lowest BCUT2D eigenvalue weighted by Crippen LogP contribution is -2.31. The maximum Gasteiger partial charge on any atom is 0.329 e. The molecule has 1 atom stereocenters. The predicted octanol–water partition coefficient (Wildman–Crippen LogP) is 3.24. The monoisotopic (exact) mass is 334 g/mol. The first-order valence-electron chi connectivity index (χ1n) is 8.35. The molecule has 0 N–H and O–H groups in total. The van der Waals surface area contributed by atoms with Gasteiger partial charge >= 0.3 is 5.97 Å². The zero-order valence-corrected chi connectivity index (χ0v) is 14.4. The molecular weight excluding hydrogens is 312 g/mol. The van der Waals surface area contributed by atoms with Crippen molar-refractivity contribution in [3.05, 3.63) is 27.1 Å². The number of ether oxygens (including phenoxy) is 1. The van der Waals surface area contributed by atoms with Crippen molar-refractivity contribution in [2.45, 2.75) is 58.4 Å². The fraction of sp³-hybridized carbons (Fsp3) is 0.588. The number of aryl methyl sites for hydroxylation is 2. The van der Waals surface area contributed by atoms with E-state index in [0.29, 0.717) is 18.4 Å². The number of hydrogen-bond acceptors (Lipinski definition) is 5. The number of fused-ring (bicyclic) bond motifs is 3. The standard InChI is InChI=1S/C17H22N2O3S/c1-3-9-22-17(21)12(4-2)19-10-18-15-14(16(19)20)11-7-5-6-8-13(11)23-15/h10,12H,3-9H2,1-2H3/t12-/m0/s1. The van der Waals surface area contributed by atoms with Crippen molar-refractivity contribution in [2.75, 3.05) is 6.61 Å². The topological polar surface area (TPSA) is 61.2 Å². The van der Waals surface area contributed by atoms with Crippen molar-refractivity contribution < 1.29 is 9.53 Å². The van der Waals surface area contributed by atoms with Crippen LogP contribution in [0.15, 0.2) is 11.1 Å². The van der Waals surface area contributed by atoms with Gasteiger partial charge in [-0.15, -0.1) is 11.3 Å². The van der Waals surface area contributed by atoms with Crippen LogP contribution in [0.5, 0.6) is 0 Å². The summed E-state index contributed by atoms with van der Waals surface area (Å²) in [4.78, 5) is 31.7. The van der Waals surface area contributed by atoms with Crippen LogP contribution < -0.4 is 5.56 Å². The number of thiophene rings is 1. The summed E-state index contributed by atoms with van der Waals surface area (Å²) in [5.41, 5.74) is 1.05. The van der Waals surface area contributed by atoms with E-state index in [1.54, 1.807) is 11.3 Å². The maximum absolute atomic E-state index is 13.0. The molecule has 2 heterocycles. The normalized spacial score (nSPS) is 15.4. The zero-order valence-electron chi connectivity index (χ0n) is 13.6. The molecule has 6 heteroatoms. The van der Waals surface area contributed by atoms with Gasteiger partial charge in [0.05, 0.1) is 18.3 Å². The minimum Gasteiger partial charge on any atom is -0.464 e. The molecule has 124 valence electrons. The Bertz CT molecular complexity index is 778. The summed E-state index contributed by atoms with van der Waals surface area (Å²) in [6, 6.07) is -0.593. The van der Waals surface area contributed by atoms with E-state index in [1.807, 2.05) is 13.8 Å². The zero-order chi connectivity index (χ0) is 16.4. The van der Waals surface area contributed by atoms with Crippen LogP contribution in [-0.4, -0.2) is 22.1 Å². The first kappa shape index (κ1) is 16.2. The Morgan fingerprint density at radius 1 is 1.39 bits per heavy atom. The Hall–Kier alpha value is -1.69. The molecule has 2 aromatic heterocycles. The van der Waals surface area contributed by atoms with Crippen molar-refractivity contribution >= 4 is 27.5 Å². The van der Waals surface area contributed by atoms with Crippen LogP contribution >= 0.6 is 11.3 Å². The molecule has 0 aliphatic heterocycles. The van der Waals surface area contributed by atoms with Crippen molar-refractivity contribution in [2.24, 2.45) is 0 Å². The number of rotatable bonds is 5. The number of carbonyl (C=O) groups excluding carboxylic acids is 1. The van der Waals surface area contributed by atoms with E-state index in [-0.39, 0.29) is 11.5 Å². The lowest BCUT2D eigenvalue weighted by atomic mass is 9.97. The van der Waals surface area contributed by atoms with E-state index in [4.69, 9.17) is 4.74 Å². The molecule has 0 aromatic carbocycles. The van der Waals surface area contributed by atoms with Gasteiger partial charge in [0.15, 0.2) is 0 Å². The Labute approximate surface area is 139 Å². The van der Waals surface area contributed by atoms with Crippen LogP contribution in [0.25, 0.3) is 10.2 Å². The predicted molar refractivity (Wildman–Crippen MR) is 91.1 cm³/mol. The average molecular weight is 334 g/mol. The minimum absolute atomic E-state index is 0.102. The van der Waals surface area contributed by atoms with Gasteiger partial charge in [0.25, 0.3) is 5.56 Å². The molecule has 5 nitrogen and oxygen atoms in total. The molecule has 0 bridgehead atoms. The lowest BCUT2D eigenvalue weighted by molar-refractivity contribution is -0.147. The van der Waals surface area contributed by atoms with Gasteiger partial charge in [-0.25, -0.2) is 9.78 Å². The molecule has 0 amide bonds. The van der Waals surface area contributed by atoms with E-state index in [2.05, 4.69) is 4.98 Å². The Morgan fingerprint density at radius 3 is 2.91 bits per heavy atom. The van der Waals surface area contributed by atoms with Gasteiger partial charge in [-0.2, -0.15) is 0 Å². The lowest BCUT2D eigenvalue weighted by Gasteiger charge is -2.17. The van der Waals surface area contributed by atoms with Crippen LogP contribution in [0.4, 0.5) is 0 Å². The molecule has 0 radical (unpaired) electrons. The Kier molecular flexibility index (Phi) is 4.80. The highest BCUT2D eigenvalue weighted by Crippen LogP contribution is 2.33. The Morgan fingerprint density at radius 2 is 2.17 bits per heavy atom.